The van der Waals surface area contributed by atoms with Crippen LogP contribution in [0.4, 0.5) is 4.39 Å². The van der Waals surface area contributed by atoms with Crippen molar-refractivity contribution in [3.8, 4) is 11.5 Å². The smallest absolute Gasteiger partial charge is 0.246 e. The second-order valence-electron chi connectivity index (χ2n) is 6.10. The molecule has 3 aromatic rings. The predicted molar refractivity (Wildman–Crippen MR) is 110 cm³/mol. The number of hydrogen-bond acceptors (Lipinski definition) is 3. The summed E-state index contributed by atoms with van der Waals surface area (Å²) in [5.74, 6) is -0.136. The fraction of sp³-hybridized carbons (Fsp3) is 0.0909. The fourth-order valence-corrected chi connectivity index (χ4v) is 2.90. The molecule has 0 unspecified atom stereocenters. The van der Waals surface area contributed by atoms with E-state index in [4.69, 9.17) is 4.74 Å². The summed E-state index contributed by atoms with van der Waals surface area (Å²) in [6, 6.07) is 15.7. The zero-order chi connectivity index (χ0) is 19.9. The molecule has 0 aliphatic heterocycles. The number of nitrogens with zero attached hydrogens (tertiary/aromatic N) is 2. The molecule has 1 amide bonds. The minimum atomic E-state index is -0.514. The summed E-state index contributed by atoms with van der Waals surface area (Å²) >= 11 is 3.47. The summed E-state index contributed by atoms with van der Waals surface area (Å²) in [5, 5.41) is 0. The molecule has 142 valence electrons. The minimum absolute atomic E-state index is 0.0996. The van der Waals surface area contributed by atoms with Gasteiger partial charge < -0.3 is 9.64 Å². The molecule has 3 rings (SSSR count). The highest BCUT2D eigenvalue weighted by Crippen LogP contribution is 2.25. The van der Waals surface area contributed by atoms with Gasteiger partial charge in [0.2, 0.25) is 5.91 Å². The first kappa shape index (κ1) is 19.8. The lowest BCUT2D eigenvalue weighted by Gasteiger charge is -2.16. The summed E-state index contributed by atoms with van der Waals surface area (Å²) in [5.41, 5.74) is 1.58. The van der Waals surface area contributed by atoms with E-state index < -0.39 is 5.82 Å². The molecular weight excluding hydrogens is 423 g/mol. The highest BCUT2D eigenvalue weighted by Gasteiger charge is 2.09. The number of benzene rings is 2. The van der Waals surface area contributed by atoms with Crippen LogP contribution < -0.4 is 4.74 Å². The zero-order valence-electron chi connectivity index (χ0n) is 15.2. The molecule has 0 fully saturated rings. The van der Waals surface area contributed by atoms with Gasteiger partial charge in [0, 0.05) is 30.3 Å². The molecule has 0 aliphatic carbocycles. The van der Waals surface area contributed by atoms with Gasteiger partial charge in [0.05, 0.1) is 6.20 Å². The number of amides is 1. The number of halogens is 2. The van der Waals surface area contributed by atoms with E-state index in [1.807, 2.05) is 24.3 Å². The number of carbonyl (C=O) groups is 1. The van der Waals surface area contributed by atoms with Crippen LogP contribution in [0.3, 0.4) is 0 Å². The van der Waals surface area contributed by atoms with Crippen molar-refractivity contribution in [1.82, 2.24) is 9.88 Å². The molecule has 0 aliphatic rings. The monoisotopic (exact) mass is 440 g/mol. The number of aromatic nitrogens is 1. The molecule has 2 aromatic carbocycles. The second-order valence-corrected chi connectivity index (χ2v) is 6.95. The summed E-state index contributed by atoms with van der Waals surface area (Å²) < 4.78 is 20.7. The zero-order valence-corrected chi connectivity index (χ0v) is 16.8. The van der Waals surface area contributed by atoms with Crippen molar-refractivity contribution in [2.24, 2.45) is 0 Å². The maximum Gasteiger partial charge on any atom is 0.246 e. The lowest BCUT2D eigenvalue weighted by molar-refractivity contribution is -0.125. The third kappa shape index (κ3) is 5.27. The van der Waals surface area contributed by atoms with Gasteiger partial charge in [-0.1, -0.05) is 40.2 Å². The highest BCUT2D eigenvalue weighted by atomic mass is 79.9. The van der Waals surface area contributed by atoms with E-state index in [2.05, 4.69) is 20.9 Å². The van der Waals surface area contributed by atoms with Crippen LogP contribution in [-0.2, 0) is 11.3 Å². The lowest BCUT2D eigenvalue weighted by atomic mass is 10.2. The molecule has 0 atom stereocenters. The molecule has 0 radical (unpaired) electrons. The Labute approximate surface area is 171 Å². The Bertz CT molecular complexity index is 993. The van der Waals surface area contributed by atoms with Gasteiger partial charge in [0.15, 0.2) is 11.6 Å². The molecule has 1 aromatic heterocycles. The van der Waals surface area contributed by atoms with Crippen LogP contribution in [0.25, 0.3) is 6.08 Å². The van der Waals surface area contributed by atoms with Gasteiger partial charge in [0.25, 0.3) is 0 Å². The van der Waals surface area contributed by atoms with Crippen molar-refractivity contribution >= 4 is 27.9 Å². The Morgan fingerprint density at radius 2 is 2.04 bits per heavy atom. The van der Waals surface area contributed by atoms with E-state index >= 15 is 0 Å². The van der Waals surface area contributed by atoms with Gasteiger partial charge in [-0.15, -0.1) is 0 Å². The molecule has 28 heavy (non-hydrogen) atoms. The fourth-order valence-electron chi connectivity index (χ4n) is 2.49. The van der Waals surface area contributed by atoms with E-state index in [1.54, 1.807) is 42.4 Å². The van der Waals surface area contributed by atoms with E-state index in [9.17, 15) is 9.18 Å². The van der Waals surface area contributed by atoms with Crippen molar-refractivity contribution in [2.75, 3.05) is 7.05 Å². The van der Waals surface area contributed by atoms with Gasteiger partial charge in [-0.3, -0.25) is 9.78 Å². The number of hydrogen-bond donors (Lipinski definition) is 0. The first-order valence-electron chi connectivity index (χ1n) is 8.57. The van der Waals surface area contributed by atoms with Crippen LogP contribution in [0.5, 0.6) is 11.5 Å². The number of pyridine rings is 1. The van der Waals surface area contributed by atoms with Crippen LogP contribution in [0.1, 0.15) is 11.1 Å². The lowest BCUT2D eigenvalue weighted by Crippen LogP contribution is -2.24. The van der Waals surface area contributed by atoms with Crippen molar-refractivity contribution in [2.45, 2.75) is 6.54 Å². The van der Waals surface area contributed by atoms with Crippen molar-refractivity contribution in [1.29, 1.82) is 0 Å². The summed E-state index contributed by atoms with van der Waals surface area (Å²) in [6.07, 6.45) is 6.12. The van der Waals surface area contributed by atoms with Crippen molar-refractivity contribution < 1.29 is 13.9 Å². The van der Waals surface area contributed by atoms with Crippen LogP contribution in [-0.4, -0.2) is 22.8 Å². The third-order valence-electron chi connectivity index (χ3n) is 3.98. The first-order chi connectivity index (χ1) is 13.5. The van der Waals surface area contributed by atoms with Crippen LogP contribution in [0, 0.1) is 5.82 Å². The molecule has 0 N–H and O–H groups in total. The van der Waals surface area contributed by atoms with Crippen molar-refractivity contribution in [3.63, 3.8) is 0 Å². The summed E-state index contributed by atoms with van der Waals surface area (Å²) in [4.78, 5) is 17.8. The second kappa shape index (κ2) is 9.28. The van der Waals surface area contributed by atoms with Crippen molar-refractivity contribution in [3.05, 3.63) is 94.5 Å². The van der Waals surface area contributed by atoms with E-state index in [0.29, 0.717) is 17.9 Å². The Hall–Kier alpha value is -2.99. The molecule has 0 saturated carbocycles. The molecule has 0 spiro atoms. The standard InChI is InChI=1S/C22H18BrFN2O2/c1-26(15-17-5-2-3-7-19(17)23)22(27)11-9-16-8-10-21(20(24)13-16)28-18-6-4-12-25-14-18/h2-14H,15H2,1H3/b11-9+. The highest BCUT2D eigenvalue weighted by molar-refractivity contribution is 9.10. The van der Waals surface area contributed by atoms with Gasteiger partial charge in [-0.05, 0) is 47.5 Å². The summed E-state index contributed by atoms with van der Waals surface area (Å²) in [6.45, 7) is 0.469. The molecule has 6 heteroatoms. The summed E-state index contributed by atoms with van der Waals surface area (Å²) in [7, 11) is 1.72. The quantitative estimate of drug-likeness (QED) is 0.478. The average molecular weight is 441 g/mol. The maximum absolute atomic E-state index is 14.3. The molecule has 4 nitrogen and oxygen atoms in total. The minimum Gasteiger partial charge on any atom is -0.453 e. The van der Waals surface area contributed by atoms with Gasteiger partial charge in [0.1, 0.15) is 5.75 Å². The largest absolute Gasteiger partial charge is 0.453 e. The topological polar surface area (TPSA) is 42.4 Å². The Kier molecular flexibility index (Phi) is 6.55. The molecular formula is C22H18BrFN2O2. The SMILES string of the molecule is CN(Cc1ccccc1Br)C(=O)/C=C/c1ccc(Oc2cccnc2)c(F)c1. The number of likely N-dealkylation sites (N-methyl/N-ethyl adjacent to an activating group) is 1. The first-order valence-corrected chi connectivity index (χ1v) is 9.36. The third-order valence-corrected chi connectivity index (χ3v) is 4.75. The van der Waals surface area contributed by atoms with Gasteiger partial charge >= 0.3 is 0 Å². The van der Waals surface area contributed by atoms with E-state index in [-0.39, 0.29) is 11.7 Å². The van der Waals surface area contributed by atoms with Gasteiger partial charge in [-0.25, -0.2) is 4.39 Å². The normalized spacial score (nSPS) is 10.8. The van der Waals surface area contributed by atoms with E-state index in [0.717, 1.165) is 10.0 Å². The number of rotatable bonds is 6. The van der Waals surface area contributed by atoms with Gasteiger partial charge in [-0.2, -0.15) is 0 Å². The Morgan fingerprint density at radius 3 is 2.75 bits per heavy atom. The average Bonchev–Trinajstić information content (AvgIpc) is 2.70. The molecule has 0 bridgehead atoms. The molecule has 1 heterocycles. The number of carbonyl (C=O) groups excluding carboxylic acids is 1. The Morgan fingerprint density at radius 1 is 1.21 bits per heavy atom. The van der Waals surface area contributed by atoms with Crippen LogP contribution >= 0.6 is 15.9 Å². The van der Waals surface area contributed by atoms with Crippen LogP contribution in [0.2, 0.25) is 0 Å². The van der Waals surface area contributed by atoms with E-state index in [1.165, 1.54) is 24.4 Å². The molecule has 0 saturated heterocycles. The Balaban J connectivity index is 1.64. The van der Waals surface area contributed by atoms with Crippen LogP contribution in [0.15, 0.2) is 77.5 Å². The number of ether oxygens (including phenoxy) is 1. The predicted octanol–water partition coefficient (Wildman–Crippen LogP) is 5.45. The maximum atomic E-state index is 14.3.